The van der Waals surface area contributed by atoms with Crippen LogP contribution >= 0.6 is 11.3 Å². The molecule has 5 heterocycles. The van der Waals surface area contributed by atoms with Crippen molar-refractivity contribution in [1.82, 2.24) is 24.3 Å². The van der Waals surface area contributed by atoms with E-state index in [-0.39, 0.29) is 23.8 Å². The molecule has 1 unspecified atom stereocenters. The highest BCUT2D eigenvalue weighted by Gasteiger charge is 2.34. The number of imidazole rings is 1. The zero-order chi connectivity index (χ0) is 27.1. The van der Waals surface area contributed by atoms with Crippen LogP contribution < -0.4 is 9.47 Å². The normalized spacial score (nSPS) is 18.7. The number of amides is 2. The van der Waals surface area contributed by atoms with Crippen molar-refractivity contribution in [2.75, 3.05) is 33.3 Å². The number of benzene rings is 1. The maximum atomic E-state index is 14.0. The standard InChI is InChI=1S/C29H35N5O4S/c1-18(2)38-24-15-22-20(14-23(24)37-3)7-8-21-26(31-27(34(21)22)25-16-30-17-39-25)29(36)33-10-4-6-19(9-13-33)28(35)32-11-5-12-32/h14-19H,4-13H2,1-3H3. The lowest BCUT2D eigenvalue weighted by molar-refractivity contribution is -0.139. The minimum atomic E-state index is -0.0535. The van der Waals surface area contributed by atoms with E-state index in [1.165, 1.54) is 11.3 Å². The second kappa shape index (κ2) is 10.6. The quantitative estimate of drug-likeness (QED) is 0.454. The van der Waals surface area contributed by atoms with Gasteiger partial charge >= 0.3 is 0 Å². The maximum Gasteiger partial charge on any atom is 0.274 e. The molecule has 1 aromatic carbocycles. The molecule has 2 amide bonds. The third-order valence-corrected chi connectivity index (χ3v) is 8.73. The summed E-state index contributed by atoms with van der Waals surface area (Å²) in [4.78, 5) is 40.9. The highest BCUT2D eigenvalue weighted by molar-refractivity contribution is 7.13. The van der Waals surface area contributed by atoms with Crippen molar-refractivity contribution >= 4 is 23.2 Å². The SMILES string of the molecule is COc1cc2c(cc1OC(C)C)-n1c(-c3cncs3)nc(C(=O)N3CCCC(C(=O)N4CCC4)CC3)c1CC2. The molecule has 6 rings (SSSR count). The van der Waals surface area contributed by atoms with Gasteiger partial charge in [0, 0.05) is 44.4 Å². The number of carbonyl (C=O) groups excluding carboxylic acids is 2. The Hall–Kier alpha value is -3.40. The van der Waals surface area contributed by atoms with E-state index >= 15 is 0 Å². The van der Waals surface area contributed by atoms with Crippen LogP contribution in [-0.4, -0.2) is 75.5 Å². The molecule has 2 fully saturated rings. The van der Waals surface area contributed by atoms with E-state index in [1.54, 1.807) is 18.8 Å². The number of thiazole rings is 1. The van der Waals surface area contributed by atoms with Crippen molar-refractivity contribution in [3.05, 3.63) is 40.8 Å². The lowest BCUT2D eigenvalue weighted by Crippen LogP contribution is -2.45. The van der Waals surface area contributed by atoms with Crippen LogP contribution in [0.25, 0.3) is 16.4 Å². The van der Waals surface area contributed by atoms with Crippen LogP contribution in [0.3, 0.4) is 0 Å². The smallest absolute Gasteiger partial charge is 0.274 e. The molecule has 3 aliphatic rings. The van der Waals surface area contributed by atoms with Crippen LogP contribution in [0.4, 0.5) is 0 Å². The number of fused-ring (bicyclic) bond motifs is 3. The Morgan fingerprint density at radius 3 is 2.54 bits per heavy atom. The lowest BCUT2D eigenvalue weighted by Gasteiger charge is -2.34. The topological polar surface area (TPSA) is 89.8 Å². The Morgan fingerprint density at radius 1 is 1.03 bits per heavy atom. The first kappa shape index (κ1) is 25.9. The Labute approximate surface area is 232 Å². The first-order valence-corrected chi connectivity index (χ1v) is 14.8. The minimum absolute atomic E-state index is 0.00741. The number of nitrogens with zero attached hydrogens (tertiary/aromatic N) is 5. The second-order valence-corrected chi connectivity index (χ2v) is 11.7. The van der Waals surface area contributed by atoms with E-state index in [1.807, 2.05) is 35.8 Å². The molecule has 3 aliphatic heterocycles. The summed E-state index contributed by atoms with van der Waals surface area (Å²) < 4.78 is 13.8. The lowest BCUT2D eigenvalue weighted by atomic mass is 9.97. The van der Waals surface area contributed by atoms with Crippen molar-refractivity contribution in [2.45, 2.75) is 58.5 Å². The summed E-state index contributed by atoms with van der Waals surface area (Å²) in [6.07, 6.45) is 6.71. The third-order valence-electron chi connectivity index (χ3n) is 7.96. The highest BCUT2D eigenvalue weighted by atomic mass is 32.1. The van der Waals surface area contributed by atoms with Gasteiger partial charge in [0.1, 0.15) is 0 Å². The summed E-state index contributed by atoms with van der Waals surface area (Å²) in [7, 11) is 1.66. The van der Waals surface area contributed by atoms with Crippen molar-refractivity contribution < 1.29 is 19.1 Å². The number of hydrogen-bond donors (Lipinski definition) is 0. The largest absolute Gasteiger partial charge is 0.493 e. The predicted molar refractivity (Wildman–Crippen MR) is 149 cm³/mol. The first-order valence-electron chi connectivity index (χ1n) is 13.9. The number of likely N-dealkylation sites (tertiary alicyclic amines) is 2. The van der Waals surface area contributed by atoms with Crippen molar-refractivity contribution in [1.29, 1.82) is 0 Å². The average Bonchev–Trinajstić information content (AvgIpc) is 3.48. The van der Waals surface area contributed by atoms with Gasteiger partial charge in [-0.25, -0.2) is 4.98 Å². The van der Waals surface area contributed by atoms with Crippen LogP contribution in [0.2, 0.25) is 0 Å². The molecule has 2 saturated heterocycles. The van der Waals surface area contributed by atoms with Crippen molar-refractivity contribution in [2.24, 2.45) is 5.92 Å². The summed E-state index contributed by atoms with van der Waals surface area (Å²) in [5.74, 6) is 2.30. The van der Waals surface area contributed by atoms with Gasteiger partial charge in [0.2, 0.25) is 5.91 Å². The van der Waals surface area contributed by atoms with Gasteiger partial charge in [0.15, 0.2) is 23.0 Å². The van der Waals surface area contributed by atoms with Gasteiger partial charge in [-0.05, 0) is 64.0 Å². The Bertz CT molecular complexity index is 1380. The Balaban J connectivity index is 1.36. The fraction of sp³-hybridized carbons (Fsp3) is 0.517. The van der Waals surface area contributed by atoms with Crippen LogP contribution in [0.1, 0.15) is 61.3 Å². The summed E-state index contributed by atoms with van der Waals surface area (Å²) in [5.41, 5.74) is 5.28. The van der Waals surface area contributed by atoms with Crippen LogP contribution in [0.15, 0.2) is 23.8 Å². The van der Waals surface area contributed by atoms with E-state index < -0.39 is 0 Å². The molecule has 3 aromatic rings. The molecule has 0 saturated carbocycles. The van der Waals surface area contributed by atoms with E-state index in [9.17, 15) is 9.59 Å². The van der Waals surface area contributed by atoms with Crippen LogP contribution in [0.5, 0.6) is 11.5 Å². The maximum absolute atomic E-state index is 14.0. The van der Waals surface area contributed by atoms with Gasteiger partial charge in [0.25, 0.3) is 5.91 Å². The number of aryl methyl sites for hydroxylation is 1. The molecule has 0 bridgehead atoms. The van der Waals surface area contributed by atoms with E-state index in [2.05, 4.69) is 9.55 Å². The summed E-state index contributed by atoms with van der Waals surface area (Å²) in [6, 6.07) is 4.05. The van der Waals surface area contributed by atoms with Crippen LogP contribution in [0, 0.1) is 5.92 Å². The third kappa shape index (κ3) is 4.79. The molecule has 0 spiro atoms. The van der Waals surface area contributed by atoms with Gasteiger partial charge in [-0.1, -0.05) is 0 Å². The molecular weight excluding hydrogens is 514 g/mol. The fourth-order valence-electron chi connectivity index (χ4n) is 5.86. The van der Waals surface area contributed by atoms with Gasteiger partial charge in [-0.2, -0.15) is 0 Å². The van der Waals surface area contributed by atoms with E-state index in [0.717, 1.165) is 66.4 Å². The van der Waals surface area contributed by atoms with Gasteiger partial charge < -0.3 is 19.3 Å². The first-order chi connectivity index (χ1) is 18.9. The molecule has 1 atom stereocenters. The number of aromatic nitrogens is 3. The number of methoxy groups -OCH3 is 1. The van der Waals surface area contributed by atoms with Gasteiger partial charge in [0.05, 0.1) is 35.0 Å². The Morgan fingerprint density at radius 2 is 1.85 bits per heavy atom. The van der Waals surface area contributed by atoms with E-state index in [4.69, 9.17) is 14.5 Å². The van der Waals surface area contributed by atoms with Gasteiger partial charge in [-0.15, -0.1) is 11.3 Å². The molecule has 0 aliphatic carbocycles. The summed E-state index contributed by atoms with van der Waals surface area (Å²) in [5, 5.41) is 0. The highest BCUT2D eigenvalue weighted by Crippen LogP contribution is 2.40. The zero-order valence-electron chi connectivity index (χ0n) is 22.8. The molecule has 0 N–H and O–H groups in total. The fourth-order valence-corrected chi connectivity index (χ4v) is 6.46. The number of hydrogen-bond acceptors (Lipinski definition) is 7. The molecular formula is C29H35N5O4S. The van der Waals surface area contributed by atoms with Crippen molar-refractivity contribution in [3.8, 4) is 27.9 Å². The Kier molecular flexibility index (Phi) is 7.05. The van der Waals surface area contributed by atoms with Gasteiger partial charge in [-0.3, -0.25) is 19.1 Å². The predicted octanol–water partition coefficient (Wildman–Crippen LogP) is 4.36. The monoisotopic (exact) mass is 549 g/mol. The molecule has 0 radical (unpaired) electrons. The summed E-state index contributed by atoms with van der Waals surface area (Å²) in [6.45, 7) is 6.94. The molecule has 9 nitrogen and oxygen atoms in total. The molecule has 39 heavy (non-hydrogen) atoms. The average molecular weight is 550 g/mol. The van der Waals surface area contributed by atoms with Crippen LogP contribution in [-0.2, 0) is 17.6 Å². The zero-order valence-corrected chi connectivity index (χ0v) is 23.6. The van der Waals surface area contributed by atoms with E-state index in [0.29, 0.717) is 43.1 Å². The molecule has 2 aromatic heterocycles. The molecule has 206 valence electrons. The van der Waals surface area contributed by atoms with Crippen molar-refractivity contribution in [3.63, 3.8) is 0 Å². The number of carbonyl (C=O) groups is 2. The second-order valence-electron chi connectivity index (χ2n) is 10.8. The number of ether oxygens (including phenoxy) is 2. The molecule has 10 heteroatoms. The minimum Gasteiger partial charge on any atom is -0.493 e. The number of rotatable bonds is 6. The summed E-state index contributed by atoms with van der Waals surface area (Å²) >= 11 is 1.51.